The van der Waals surface area contributed by atoms with Crippen LogP contribution in [0.15, 0.2) is 36.0 Å². The van der Waals surface area contributed by atoms with Gasteiger partial charge in [0, 0.05) is 17.3 Å². The van der Waals surface area contributed by atoms with E-state index >= 15 is 0 Å². The van der Waals surface area contributed by atoms with E-state index in [0.717, 1.165) is 11.1 Å². The number of hydrogen-bond donors (Lipinski definition) is 1. The van der Waals surface area contributed by atoms with Gasteiger partial charge in [0.05, 0.1) is 0 Å². The number of phenols is 1. The smallest absolute Gasteiger partial charge is 0.136 e. The first-order valence-corrected chi connectivity index (χ1v) is 4.17. The number of aromatic hydroxyl groups is 1. The molecule has 0 atom stereocenters. The largest absolute Gasteiger partial charge is 0.508 e. The second-order valence-electron chi connectivity index (χ2n) is 2.55. The Hall–Kier alpha value is -1.28. The molecule has 0 aromatic heterocycles. The van der Waals surface area contributed by atoms with Crippen LogP contribution in [-0.4, -0.2) is 10.3 Å². The molecular weight excluding hydrogens is 186 g/mol. The summed E-state index contributed by atoms with van der Waals surface area (Å²) in [6, 6.07) is 5.12. The summed E-state index contributed by atoms with van der Waals surface area (Å²) in [7, 11) is 0. The fourth-order valence-electron chi connectivity index (χ4n) is 0.997. The molecule has 0 saturated carbocycles. The van der Waals surface area contributed by atoms with E-state index in [1.165, 1.54) is 6.20 Å². The number of halogens is 1. The maximum absolute atomic E-state index is 9.38. The van der Waals surface area contributed by atoms with Gasteiger partial charge in [0.25, 0.3) is 0 Å². The summed E-state index contributed by atoms with van der Waals surface area (Å²) in [6.07, 6.45) is 1.37. The Morgan fingerprint density at radius 2 is 2.31 bits per heavy atom. The Morgan fingerprint density at radius 1 is 1.62 bits per heavy atom. The van der Waals surface area contributed by atoms with Gasteiger partial charge in [-0.05, 0) is 13.0 Å². The van der Waals surface area contributed by atoms with Gasteiger partial charge in [-0.2, -0.15) is 0 Å². The summed E-state index contributed by atoms with van der Waals surface area (Å²) >= 11 is 5.85. The molecule has 1 rings (SSSR count). The highest BCUT2D eigenvalue weighted by atomic mass is 35.5. The third-order valence-corrected chi connectivity index (χ3v) is 2.03. The van der Waals surface area contributed by atoms with Gasteiger partial charge in [-0.3, -0.25) is 0 Å². The first kappa shape index (κ1) is 9.81. The van der Waals surface area contributed by atoms with E-state index in [9.17, 15) is 5.11 Å². The van der Waals surface area contributed by atoms with E-state index < -0.39 is 0 Å². The Kier molecular flexibility index (Phi) is 3.09. The molecule has 0 fully saturated rings. The highest BCUT2D eigenvalue weighted by molar-refractivity contribution is 6.69. The lowest BCUT2D eigenvalue weighted by molar-refractivity contribution is 0.471. The van der Waals surface area contributed by atoms with Crippen LogP contribution in [0.1, 0.15) is 11.1 Å². The molecule has 68 valence electrons. The van der Waals surface area contributed by atoms with Crippen molar-refractivity contribution in [2.24, 2.45) is 4.99 Å². The van der Waals surface area contributed by atoms with Crippen molar-refractivity contribution in [2.75, 3.05) is 0 Å². The van der Waals surface area contributed by atoms with Crippen molar-refractivity contribution < 1.29 is 5.11 Å². The minimum absolute atomic E-state index is 0.218. The summed E-state index contributed by atoms with van der Waals surface area (Å²) in [4.78, 5) is 3.83. The van der Waals surface area contributed by atoms with Crippen LogP contribution in [0.4, 0.5) is 0 Å². The van der Waals surface area contributed by atoms with E-state index in [2.05, 4.69) is 11.6 Å². The van der Waals surface area contributed by atoms with Crippen molar-refractivity contribution in [3.63, 3.8) is 0 Å². The van der Waals surface area contributed by atoms with Gasteiger partial charge in [-0.15, -0.1) is 0 Å². The summed E-state index contributed by atoms with van der Waals surface area (Å²) in [5, 5.41) is 9.71. The summed E-state index contributed by atoms with van der Waals surface area (Å²) in [5.41, 5.74) is 1.44. The van der Waals surface area contributed by atoms with Crippen LogP contribution < -0.4 is 0 Å². The normalized spacial score (nSPS) is 11.4. The SMILES string of the molecule is C=CN=C(Cl)c1cccc(O)c1C. The first-order valence-electron chi connectivity index (χ1n) is 3.80. The quantitative estimate of drug-likeness (QED) is 0.724. The predicted molar refractivity (Wildman–Crippen MR) is 55.4 cm³/mol. The molecule has 2 nitrogen and oxygen atoms in total. The molecule has 0 saturated heterocycles. The van der Waals surface area contributed by atoms with Crippen LogP contribution in [0, 0.1) is 6.92 Å². The van der Waals surface area contributed by atoms with Crippen molar-refractivity contribution in [1.29, 1.82) is 0 Å². The van der Waals surface area contributed by atoms with Crippen molar-refractivity contribution >= 4 is 16.8 Å². The molecule has 0 bridgehead atoms. The fourth-order valence-corrected chi connectivity index (χ4v) is 1.27. The highest BCUT2D eigenvalue weighted by Crippen LogP contribution is 2.21. The maximum atomic E-state index is 9.38. The van der Waals surface area contributed by atoms with Gasteiger partial charge in [0.1, 0.15) is 10.9 Å². The number of aliphatic imine (C=N–C) groups is 1. The molecule has 0 amide bonds. The molecule has 0 aliphatic rings. The molecule has 0 aliphatic carbocycles. The zero-order valence-electron chi connectivity index (χ0n) is 7.29. The first-order chi connectivity index (χ1) is 6.16. The Morgan fingerprint density at radius 3 is 2.92 bits per heavy atom. The predicted octanol–water partition coefficient (Wildman–Crippen LogP) is 2.83. The third kappa shape index (κ3) is 2.10. The van der Waals surface area contributed by atoms with Crippen LogP contribution in [0.25, 0.3) is 0 Å². The molecule has 0 spiro atoms. The van der Waals surface area contributed by atoms with E-state index in [1.807, 2.05) is 0 Å². The van der Waals surface area contributed by atoms with Crippen LogP contribution in [0.3, 0.4) is 0 Å². The molecule has 1 N–H and O–H groups in total. The molecule has 13 heavy (non-hydrogen) atoms. The second-order valence-corrected chi connectivity index (χ2v) is 2.91. The monoisotopic (exact) mass is 195 g/mol. The van der Waals surface area contributed by atoms with E-state index in [1.54, 1.807) is 25.1 Å². The lowest BCUT2D eigenvalue weighted by Crippen LogP contribution is -1.94. The number of rotatable bonds is 2. The van der Waals surface area contributed by atoms with Gasteiger partial charge in [0.2, 0.25) is 0 Å². The van der Waals surface area contributed by atoms with Crippen LogP contribution in [-0.2, 0) is 0 Å². The Labute approximate surface area is 82.2 Å². The highest BCUT2D eigenvalue weighted by Gasteiger charge is 2.05. The lowest BCUT2D eigenvalue weighted by Gasteiger charge is -2.04. The third-order valence-electron chi connectivity index (χ3n) is 1.73. The standard InChI is InChI=1S/C10H10ClNO/c1-3-12-10(11)8-5-4-6-9(13)7(8)2/h3-6,13H,1H2,2H3. The van der Waals surface area contributed by atoms with Crippen molar-refractivity contribution in [1.82, 2.24) is 0 Å². The van der Waals surface area contributed by atoms with Crippen molar-refractivity contribution in [2.45, 2.75) is 6.92 Å². The Balaban J connectivity index is 3.22. The number of phenolic OH excluding ortho intramolecular Hbond substituents is 1. The molecule has 0 aliphatic heterocycles. The van der Waals surface area contributed by atoms with E-state index in [0.29, 0.717) is 5.17 Å². The molecule has 0 heterocycles. The number of hydrogen-bond acceptors (Lipinski definition) is 2. The number of benzene rings is 1. The summed E-state index contributed by atoms with van der Waals surface area (Å²) < 4.78 is 0. The lowest BCUT2D eigenvalue weighted by atomic mass is 10.1. The van der Waals surface area contributed by atoms with Gasteiger partial charge in [-0.1, -0.05) is 30.3 Å². The van der Waals surface area contributed by atoms with E-state index in [4.69, 9.17) is 11.6 Å². The van der Waals surface area contributed by atoms with Gasteiger partial charge in [0.15, 0.2) is 0 Å². The molecule has 3 heteroatoms. The summed E-state index contributed by atoms with van der Waals surface area (Å²) in [6.45, 7) is 5.23. The minimum Gasteiger partial charge on any atom is -0.508 e. The van der Waals surface area contributed by atoms with Crippen LogP contribution >= 0.6 is 11.6 Å². The van der Waals surface area contributed by atoms with E-state index in [-0.39, 0.29) is 5.75 Å². The molecule has 1 aromatic rings. The maximum Gasteiger partial charge on any atom is 0.136 e. The van der Waals surface area contributed by atoms with Crippen molar-refractivity contribution in [3.8, 4) is 5.75 Å². The topological polar surface area (TPSA) is 32.6 Å². The molecule has 0 radical (unpaired) electrons. The summed E-state index contributed by atoms with van der Waals surface area (Å²) in [5.74, 6) is 0.218. The number of nitrogens with zero attached hydrogens (tertiary/aromatic N) is 1. The van der Waals surface area contributed by atoms with Gasteiger partial charge >= 0.3 is 0 Å². The zero-order valence-corrected chi connectivity index (χ0v) is 8.04. The minimum atomic E-state index is 0.218. The van der Waals surface area contributed by atoms with Gasteiger partial charge < -0.3 is 5.11 Å². The molecule has 0 unspecified atom stereocenters. The average molecular weight is 196 g/mol. The molecular formula is C10H10ClNO. The molecule has 1 aromatic carbocycles. The second kappa shape index (κ2) is 4.10. The fraction of sp³-hybridized carbons (Fsp3) is 0.100. The van der Waals surface area contributed by atoms with Crippen LogP contribution in [0.5, 0.6) is 5.75 Å². The Bertz CT molecular complexity index is 358. The zero-order chi connectivity index (χ0) is 9.84. The van der Waals surface area contributed by atoms with Crippen molar-refractivity contribution in [3.05, 3.63) is 42.1 Å². The average Bonchev–Trinajstić information content (AvgIpc) is 2.10. The van der Waals surface area contributed by atoms with Gasteiger partial charge in [-0.25, -0.2) is 4.99 Å². The van der Waals surface area contributed by atoms with Crippen LogP contribution in [0.2, 0.25) is 0 Å².